The number of hydrogen-bond donors (Lipinski definition) is 2. The normalized spacial score (nSPS) is 10.5. The van der Waals surface area contributed by atoms with Crippen LogP contribution >= 0.6 is 0 Å². The van der Waals surface area contributed by atoms with Crippen molar-refractivity contribution >= 4 is 29.3 Å². The van der Waals surface area contributed by atoms with E-state index in [1.807, 2.05) is 19.9 Å². The number of amides is 2. The Bertz CT molecular complexity index is 1460. The fourth-order valence-electron chi connectivity index (χ4n) is 3.38. The Morgan fingerprint density at radius 2 is 1.46 bits per heavy atom. The van der Waals surface area contributed by atoms with Gasteiger partial charge in [-0.3, -0.25) is 9.59 Å². The molecule has 0 aliphatic rings. The van der Waals surface area contributed by atoms with Crippen molar-refractivity contribution in [1.82, 2.24) is 9.97 Å². The van der Waals surface area contributed by atoms with Crippen LogP contribution in [0, 0.1) is 0 Å². The largest absolute Gasteiger partial charge is 0.475 e. The zero-order valence-electron chi connectivity index (χ0n) is 21.5. The van der Waals surface area contributed by atoms with Gasteiger partial charge < -0.3 is 24.8 Å². The van der Waals surface area contributed by atoms with Crippen molar-refractivity contribution in [2.24, 2.45) is 0 Å². The standard InChI is InChI=1S/C29H26N4O6/c1-18(2)38-25-15-21(28(35)32-24-14-9-20(17-30-24)29(36)37-3)16-26(33-25)39-23-12-10-22(11-13-23)31-27(34)19-7-5-4-6-8-19/h4-18H,1-3H3,(H,31,34)(H,30,32,35). The van der Waals surface area contributed by atoms with Crippen molar-refractivity contribution < 1.29 is 28.6 Å². The molecule has 0 bridgehead atoms. The van der Waals surface area contributed by atoms with E-state index in [0.29, 0.717) is 17.0 Å². The SMILES string of the molecule is COC(=O)c1ccc(NC(=O)c2cc(Oc3ccc(NC(=O)c4ccccc4)cc3)nc(OC(C)C)c2)nc1. The molecule has 10 heteroatoms. The first-order valence-electron chi connectivity index (χ1n) is 12.0. The second-order valence-corrected chi connectivity index (χ2v) is 8.52. The molecule has 0 radical (unpaired) electrons. The van der Waals surface area contributed by atoms with Crippen LogP contribution in [-0.4, -0.2) is 41.0 Å². The predicted molar refractivity (Wildman–Crippen MR) is 144 cm³/mol. The maximum Gasteiger partial charge on any atom is 0.339 e. The third-order valence-electron chi connectivity index (χ3n) is 5.19. The maximum absolute atomic E-state index is 13.0. The van der Waals surface area contributed by atoms with Crippen LogP contribution in [0.15, 0.2) is 85.1 Å². The van der Waals surface area contributed by atoms with Crippen LogP contribution in [0.2, 0.25) is 0 Å². The molecule has 0 aliphatic heterocycles. The summed E-state index contributed by atoms with van der Waals surface area (Å²) >= 11 is 0. The van der Waals surface area contributed by atoms with Gasteiger partial charge in [0.2, 0.25) is 11.8 Å². The van der Waals surface area contributed by atoms with Gasteiger partial charge in [0.1, 0.15) is 11.6 Å². The van der Waals surface area contributed by atoms with E-state index in [1.54, 1.807) is 48.5 Å². The summed E-state index contributed by atoms with van der Waals surface area (Å²) in [5.41, 5.74) is 1.62. The minimum Gasteiger partial charge on any atom is -0.475 e. The Labute approximate surface area is 225 Å². The number of pyridine rings is 2. The Morgan fingerprint density at radius 1 is 0.769 bits per heavy atom. The fourth-order valence-corrected chi connectivity index (χ4v) is 3.38. The Morgan fingerprint density at radius 3 is 2.10 bits per heavy atom. The number of rotatable bonds is 9. The van der Waals surface area contributed by atoms with Crippen LogP contribution in [0.1, 0.15) is 44.9 Å². The molecule has 0 fully saturated rings. The molecule has 39 heavy (non-hydrogen) atoms. The van der Waals surface area contributed by atoms with E-state index in [2.05, 4.69) is 25.3 Å². The first-order chi connectivity index (χ1) is 18.8. The molecule has 2 N–H and O–H groups in total. The molecule has 0 spiro atoms. The van der Waals surface area contributed by atoms with E-state index < -0.39 is 11.9 Å². The van der Waals surface area contributed by atoms with Gasteiger partial charge in [0, 0.05) is 29.6 Å². The monoisotopic (exact) mass is 526 g/mol. The molecule has 2 aromatic carbocycles. The van der Waals surface area contributed by atoms with E-state index in [1.165, 1.54) is 37.6 Å². The van der Waals surface area contributed by atoms with Gasteiger partial charge in [-0.25, -0.2) is 9.78 Å². The van der Waals surface area contributed by atoms with Crippen molar-refractivity contribution in [3.63, 3.8) is 0 Å². The molecule has 10 nitrogen and oxygen atoms in total. The Hall–Kier alpha value is -5.25. The number of benzene rings is 2. The lowest BCUT2D eigenvalue weighted by molar-refractivity contribution is 0.0600. The van der Waals surface area contributed by atoms with Crippen molar-refractivity contribution in [3.05, 3.63) is 102 Å². The van der Waals surface area contributed by atoms with Gasteiger partial charge in [0.05, 0.1) is 24.3 Å². The highest BCUT2D eigenvalue weighted by molar-refractivity contribution is 6.05. The Balaban J connectivity index is 1.48. The molecule has 2 aromatic heterocycles. The van der Waals surface area contributed by atoms with Crippen LogP contribution in [0.25, 0.3) is 0 Å². The van der Waals surface area contributed by atoms with Crippen LogP contribution in [0.5, 0.6) is 17.5 Å². The quantitative estimate of drug-likeness (QED) is 0.279. The second-order valence-electron chi connectivity index (χ2n) is 8.52. The second kappa shape index (κ2) is 12.3. The molecule has 0 aliphatic carbocycles. The summed E-state index contributed by atoms with van der Waals surface area (Å²) in [6.45, 7) is 3.67. The average Bonchev–Trinajstić information content (AvgIpc) is 2.94. The number of carbonyl (C=O) groups is 3. The van der Waals surface area contributed by atoms with E-state index in [-0.39, 0.29) is 40.7 Å². The number of hydrogen-bond acceptors (Lipinski definition) is 8. The summed E-state index contributed by atoms with van der Waals surface area (Å²) in [7, 11) is 1.27. The first kappa shape index (κ1) is 26.8. The highest BCUT2D eigenvalue weighted by atomic mass is 16.5. The van der Waals surface area contributed by atoms with Crippen molar-refractivity contribution in [3.8, 4) is 17.5 Å². The molecule has 2 amide bonds. The minimum absolute atomic E-state index is 0.133. The van der Waals surface area contributed by atoms with Gasteiger partial charge in [-0.05, 0) is 62.4 Å². The molecule has 2 heterocycles. The number of aromatic nitrogens is 2. The number of methoxy groups -OCH3 is 1. The number of nitrogens with zero attached hydrogens (tertiary/aromatic N) is 2. The third-order valence-corrected chi connectivity index (χ3v) is 5.19. The number of esters is 1. The number of ether oxygens (including phenoxy) is 3. The topological polar surface area (TPSA) is 129 Å². The number of nitrogens with one attached hydrogen (secondary N) is 2. The average molecular weight is 527 g/mol. The van der Waals surface area contributed by atoms with E-state index >= 15 is 0 Å². The predicted octanol–water partition coefficient (Wildman–Crippen LogP) is 5.35. The summed E-state index contributed by atoms with van der Waals surface area (Å²) in [4.78, 5) is 45.4. The van der Waals surface area contributed by atoms with Crippen molar-refractivity contribution in [2.45, 2.75) is 20.0 Å². The molecule has 4 aromatic rings. The lowest BCUT2D eigenvalue weighted by Crippen LogP contribution is -2.15. The van der Waals surface area contributed by atoms with E-state index in [0.717, 1.165) is 0 Å². The van der Waals surface area contributed by atoms with Gasteiger partial charge in [0.15, 0.2) is 0 Å². The highest BCUT2D eigenvalue weighted by Crippen LogP contribution is 2.26. The number of anilines is 2. The summed E-state index contributed by atoms with van der Waals surface area (Å²) < 4.78 is 16.3. The first-order valence-corrected chi connectivity index (χ1v) is 12.0. The smallest absolute Gasteiger partial charge is 0.339 e. The van der Waals surface area contributed by atoms with Crippen LogP contribution in [0.4, 0.5) is 11.5 Å². The highest BCUT2D eigenvalue weighted by Gasteiger charge is 2.15. The maximum atomic E-state index is 13.0. The van der Waals surface area contributed by atoms with E-state index in [9.17, 15) is 14.4 Å². The van der Waals surface area contributed by atoms with Crippen LogP contribution in [-0.2, 0) is 4.74 Å². The summed E-state index contributed by atoms with van der Waals surface area (Å²) in [5.74, 6) is -0.220. The van der Waals surface area contributed by atoms with Gasteiger partial charge >= 0.3 is 5.97 Å². The molecule has 0 atom stereocenters. The van der Waals surface area contributed by atoms with Crippen molar-refractivity contribution in [1.29, 1.82) is 0 Å². The summed E-state index contributed by atoms with van der Waals surface area (Å²) in [6, 6.07) is 21.6. The molecule has 0 saturated heterocycles. The van der Waals surface area contributed by atoms with Gasteiger partial charge in [-0.15, -0.1) is 0 Å². The minimum atomic E-state index is -0.529. The Kier molecular flexibility index (Phi) is 8.47. The van der Waals surface area contributed by atoms with Crippen LogP contribution in [0.3, 0.4) is 0 Å². The molecular weight excluding hydrogens is 500 g/mol. The van der Waals surface area contributed by atoms with E-state index in [4.69, 9.17) is 9.47 Å². The van der Waals surface area contributed by atoms with Gasteiger partial charge in [-0.2, -0.15) is 4.98 Å². The molecule has 0 unspecified atom stereocenters. The van der Waals surface area contributed by atoms with Crippen molar-refractivity contribution in [2.75, 3.05) is 17.7 Å². The third kappa shape index (κ3) is 7.39. The molecule has 198 valence electrons. The lowest BCUT2D eigenvalue weighted by Gasteiger charge is -2.13. The summed E-state index contributed by atoms with van der Waals surface area (Å²) in [5, 5.41) is 5.50. The molecule has 0 saturated carbocycles. The summed E-state index contributed by atoms with van der Waals surface area (Å²) in [6.07, 6.45) is 1.12. The van der Waals surface area contributed by atoms with Gasteiger partial charge in [0.25, 0.3) is 11.8 Å². The zero-order valence-corrected chi connectivity index (χ0v) is 21.5. The molecular formula is C29H26N4O6. The van der Waals surface area contributed by atoms with Crippen LogP contribution < -0.4 is 20.1 Å². The number of carbonyl (C=O) groups excluding carboxylic acids is 3. The molecule has 4 rings (SSSR count). The lowest BCUT2D eigenvalue weighted by atomic mass is 10.2. The zero-order chi connectivity index (χ0) is 27.8. The van der Waals surface area contributed by atoms with Gasteiger partial charge in [-0.1, -0.05) is 18.2 Å². The fraction of sp³-hybridized carbons (Fsp3) is 0.138.